The Morgan fingerprint density at radius 1 is 1.40 bits per heavy atom. The number of nitrogens with one attached hydrogen (secondary N) is 1. The molecule has 0 fully saturated rings. The predicted molar refractivity (Wildman–Crippen MR) is 73.2 cm³/mol. The van der Waals surface area contributed by atoms with Crippen LogP contribution in [0, 0.1) is 5.82 Å². The van der Waals surface area contributed by atoms with Gasteiger partial charge >= 0.3 is 5.97 Å². The van der Waals surface area contributed by atoms with Gasteiger partial charge in [0.25, 0.3) is 0 Å². The van der Waals surface area contributed by atoms with E-state index >= 15 is 0 Å². The molecule has 0 bridgehead atoms. The lowest BCUT2D eigenvalue weighted by molar-refractivity contribution is -0.140. The highest BCUT2D eigenvalue weighted by atomic mass is 32.2. The second-order valence-electron chi connectivity index (χ2n) is 4.00. The van der Waals surface area contributed by atoms with E-state index in [-0.39, 0.29) is 30.4 Å². The van der Waals surface area contributed by atoms with E-state index in [1.54, 1.807) is 12.1 Å². The molecule has 0 saturated carbocycles. The minimum atomic E-state index is -0.980. The highest BCUT2D eigenvalue weighted by molar-refractivity contribution is 8.00. The summed E-state index contributed by atoms with van der Waals surface area (Å²) in [6.45, 7) is 0.144. The molecule has 5 nitrogen and oxygen atoms in total. The smallest absolute Gasteiger partial charge is 0.306 e. The molecule has 1 atom stereocenters. The second kappa shape index (κ2) is 8.55. The van der Waals surface area contributed by atoms with Crippen molar-refractivity contribution in [3.63, 3.8) is 0 Å². The van der Waals surface area contributed by atoms with Gasteiger partial charge in [0.2, 0.25) is 5.91 Å². The molecular formula is C13H16FNO4S. The van der Waals surface area contributed by atoms with Gasteiger partial charge in [0, 0.05) is 18.6 Å². The Morgan fingerprint density at radius 2 is 2.05 bits per heavy atom. The first-order valence-corrected chi connectivity index (χ1v) is 6.89. The van der Waals surface area contributed by atoms with Crippen molar-refractivity contribution in [2.24, 2.45) is 0 Å². The van der Waals surface area contributed by atoms with Crippen molar-refractivity contribution in [1.29, 1.82) is 0 Å². The van der Waals surface area contributed by atoms with Crippen LogP contribution < -0.4 is 5.32 Å². The van der Waals surface area contributed by atoms with E-state index < -0.39 is 12.1 Å². The number of methoxy groups -OCH3 is 1. The monoisotopic (exact) mass is 301 g/mol. The normalized spacial score (nSPS) is 11.9. The second-order valence-corrected chi connectivity index (χ2v) is 5.05. The number of ether oxygens (including phenoxy) is 1. The number of hydrogen-bond donors (Lipinski definition) is 2. The van der Waals surface area contributed by atoms with Gasteiger partial charge in [0.15, 0.2) is 0 Å². The Hall–Kier alpha value is -1.60. The van der Waals surface area contributed by atoms with Crippen LogP contribution in [0.5, 0.6) is 0 Å². The van der Waals surface area contributed by atoms with Crippen LogP contribution in [0.1, 0.15) is 6.42 Å². The number of aliphatic carboxylic acids is 1. The Kier molecular flexibility index (Phi) is 7.03. The molecule has 110 valence electrons. The van der Waals surface area contributed by atoms with Crippen molar-refractivity contribution < 1.29 is 23.8 Å². The number of thioether (sulfide) groups is 1. The molecule has 2 N–H and O–H groups in total. The minimum Gasteiger partial charge on any atom is -0.481 e. The number of carboxylic acids is 1. The summed E-state index contributed by atoms with van der Waals surface area (Å²) in [5, 5.41) is 11.2. The van der Waals surface area contributed by atoms with Crippen molar-refractivity contribution in [3.8, 4) is 0 Å². The van der Waals surface area contributed by atoms with Crippen LogP contribution in [-0.4, -0.2) is 42.5 Å². The van der Waals surface area contributed by atoms with Crippen LogP contribution >= 0.6 is 11.8 Å². The van der Waals surface area contributed by atoms with Gasteiger partial charge in [-0.25, -0.2) is 4.39 Å². The van der Waals surface area contributed by atoms with E-state index in [0.717, 1.165) is 4.90 Å². The van der Waals surface area contributed by atoms with E-state index in [1.165, 1.54) is 31.0 Å². The van der Waals surface area contributed by atoms with Crippen LogP contribution in [0.15, 0.2) is 29.2 Å². The summed E-state index contributed by atoms with van der Waals surface area (Å²) >= 11 is 1.27. The van der Waals surface area contributed by atoms with Gasteiger partial charge in [-0.3, -0.25) is 9.59 Å². The lowest BCUT2D eigenvalue weighted by Gasteiger charge is -2.13. The van der Waals surface area contributed by atoms with Crippen LogP contribution in [0.3, 0.4) is 0 Å². The van der Waals surface area contributed by atoms with E-state index in [9.17, 15) is 14.0 Å². The Morgan fingerprint density at radius 3 is 2.60 bits per heavy atom. The van der Waals surface area contributed by atoms with Gasteiger partial charge in [-0.15, -0.1) is 11.8 Å². The van der Waals surface area contributed by atoms with Gasteiger partial charge in [0.1, 0.15) is 5.82 Å². The molecule has 1 rings (SSSR count). The maximum atomic E-state index is 12.7. The number of carboxylic acid groups (broad SMARTS) is 1. The molecule has 1 aromatic rings. The van der Waals surface area contributed by atoms with E-state index in [1.807, 2.05) is 0 Å². The summed E-state index contributed by atoms with van der Waals surface area (Å²) in [4.78, 5) is 22.9. The third-order valence-electron chi connectivity index (χ3n) is 2.45. The van der Waals surface area contributed by atoms with E-state index in [0.29, 0.717) is 0 Å². The molecule has 0 aliphatic heterocycles. The number of benzene rings is 1. The molecule has 0 aliphatic carbocycles. The topological polar surface area (TPSA) is 75.6 Å². The third kappa shape index (κ3) is 6.53. The Balaban J connectivity index is 2.29. The lowest BCUT2D eigenvalue weighted by Crippen LogP contribution is -2.35. The molecular weight excluding hydrogens is 285 g/mol. The largest absolute Gasteiger partial charge is 0.481 e. The molecule has 1 unspecified atom stereocenters. The quantitative estimate of drug-likeness (QED) is 0.712. The number of amides is 1. The fourth-order valence-corrected chi connectivity index (χ4v) is 2.12. The fourth-order valence-electron chi connectivity index (χ4n) is 1.39. The van der Waals surface area contributed by atoms with Crippen LogP contribution in [0.2, 0.25) is 0 Å². The third-order valence-corrected chi connectivity index (χ3v) is 3.46. The Bertz CT molecular complexity index is 452. The summed E-state index contributed by atoms with van der Waals surface area (Å²) in [5.41, 5.74) is 0. The van der Waals surface area contributed by atoms with Crippen molar-refractivity contribution in [1.82, 2.24) is 5.32 Å². The number of hydrogen-bond acceptors (Lipinski definition) is 4. The van der Waals surface area contributed by atoms with Crippen molar-refractivity contribution in [3.05, 3.63) is 30.1 Å². The van der Waals surface area contributed by atoms with E-state index in [4.69, 9.17) is 9.84 Å². The molecule has 0 aliphatic rings. The summed E-state index contributed by atoms with van der Waals surface area (Å²) in [5.74, 6) is -1.36. The van der Waals surface area contributed by atoms with Crippen molar-refractivity contribution >= 4 is 23.6 Å². The first kappa shape index (κ1) is 16.5. The summed E-state index contributed by atoms with van der Waals surface area (Å²) in [6.07, 6.45) is -0.714. The number of carbonyl (C=O) groups excluding carboxylic acids is 1. The van der Waals surface area contributed by atoms with Crippen LogP contribution in [0.25, 0.3) is 0 Å². The Labute approximate surface area is 120 Å². The van der Waals surface area contributed by atoms with E-state index in [2.05, 4.69) is 5.32 Å². The molecule has 7 heteroatoms. The number of halogens is 1. The molecule has 1 aromatic carbocycles. The maximum Gasteiger partial charge on any atom is 0.306 e. The summed E-state index contributed by atoms with van der Waals surface area (Å²) < 4.78 is 17.6. The lowest BCUT2D eigenvalue weighted by atomic mass is 10.2. The van der Waals surface area contributed by atoms with Crippen molar-refractivity contribution in [2.75, 3.05) is 19.4 Å². The maximum absolute atomic E-state index is 12.7. The van der Waals surface area contributed by atoms with Gasteiger partial charge in [-0.1, -0.05) is 0 Å². The molecule has 0 heterocycles. The molecule has 0 radical (unpaired) electrons. The zero-order valence-corrected chi connectivity index (χ0v) is 11.8. The predicted octanol–water partition coefficient (Wildman–Crippen LogP) is 1.52. The molecule has 0 saturated heterocycles. The molecule has 1 amide bonds. The highest BCUT2D eigenvalue weighted by Crippen LogP contribution is 2.17. The minimum absolute atomic E-state index is 0.144. The van der Waals surface area contributed by atoms with Gasteiger partial charge in [-0.2, -0.15) is 0 Å². The molecule has 20 heavy (non-hydrogen) atoms. The van der Waals surface area contributed by atoms with Crippen molar-refractivity contribution in [2.45, 2.75) is 17.4 Å². The zero-order chi connectivity index (χ0) is 15.0. The number of carbonyl (C=O) groups is 2. The first-order chi connectivity index (χ1) is 9.51. The molecule has 0 aromatic heterocycles. The molecule has 0 spiro atoms. The SMILES string of the molecule is COC(CNC(=O)CSc1ccc(F)cc1)CC(=O)O. The van der Waals surface area contributed by atoms with Gasteiger partial charge < -0.3 is 15.2 Å². The average molecular weight is 301 g/mol. The fraction of sp³-hybridized carbons (Fsp3) is 0.385. The van der Waals surface area contributed by atoms with Crippen LogP contribution in [-0.2, 0) is 14.3 Å². The highest BCUT2D eigenvalue weighted by Gasteiger charge is 2.13. The average Bonchev–Trinajstić information content (AvgIpc) is 2.42. The van der Waals surface area contributed by atoms with Crippen LogP contribution in [0.4, 0.5) is 4.39 Å². The van der Waals surface area contributed by atoms with Gasteiger partial charge in [-0.05, 0) is 24.3 Å². The zero-order valence-electron chi connectivity index (χ0n) is 11.0. The summed E-state index contributed by atoms with van der Waals surface area (Å²) in [6, 6.07) is 5.84. The number of rotatable bonds is 8. The first-order valence-electron chi connectivity index (χ1n) is 5.91. The summed E-state index contributed by atoms with van der Waals surface area (Å²) in [7, 11) is 1.40. The van der Waals surface area contributed by atoms with Gasteiger partial charge in [0.05, 0.1) is 18.3 Å². The standard InChI is InChI=1S/C13H16FNO4S/c1-19-10(6-13(17)18)7-15-12(16)8-20-11-4-2-9(14)3-5-11/h2-5,10H,6-8H2,1H3,(H,15,16)(H,17,18).